The molecule has 3 unspecified atom stereocenters. The molecule has 4 rings (SSSR count). The number of rotatable bonds is 14. The lowest BCUT2D eigenvalue weighted by Gasteiger charge is -2.42. The van der Waals surface area contributed by atoms with Crippen LogP contribution >= 0.6 is 0 Å². The van der Waals surface area contributed by atoms with E-state index in [1.165, 1.54) is 4.90 Å². The van der Waals surface area contributed by atoms with Crippen LogP contribution in [0.25, 0.3) is 10.9 Å². The summed E-state index contributed by atoms with van der Waals surface area (Å²) in [4.78, 5) is 50.6. The number of aromatic nitrogens is 1. The Hall–Kier alpha value is -5.00. The molecule has 10 N–H and O–H groups in total. The Kier molecular flexibility index (Phi) is 9.35. The third-order valence-corrected chi connectivity index (χ3v) is 7.14. The van der Waals surface area contributed by atoms with Crippen molar-refractivity contribution in [2.45, 2.75) is 36.9 Å². The highest BCUT2D eigenvalue weighted by Crippen LogP contribution is 2.37. The lowest BCUT2D eigenvalue weighted by atomic mass is 9.77. The van der Waals surface area contributed by atoms with Crippen LogP contribution in [0.1, 0.15) is 18.4 Å². The van der Waals surface area contributed by atoms with E-state index in [-0.39, 0.29) is 31.8 Å². The molecule has 4 aromatic rings. The number of Topliss-reactive ketones (excluding diaryl/α,β-unsaturated/α-hetero) is 2. The molecule has 1 aromatic heterocycles. The van der Waals surface area contributed by atoms with Gasteiger partial charge in [0.05, 0.1) is 12.1 Å². The third-order valence-electron chi connectivity index (χ3n) is 7.14. The van der Waals surface area contributed by atoms with Gasteiger partial charge in [-0.2, -0.15) is 0 Å². The van der Waals surface area contributed by atoms with E-state index >= 15 is 0 Å². The summed E-state index contributed by atoms with van der Waals surface area (Å²) in [6, 6.07) is 21.5. The molecule has 0 saturated heterocycles. The van der Waals surface area contributed by atoms with E-state index in [9.17, 15) is 19.5 Å². The monoisotopic (exact) mass is 569 g/mol. The molecular weight excluding hydrogens is 534 g/mol. The van der Waals surface area contributed by atoms with Gasteiger partial charge in [0.1, 0.15) is 0 Å². The van der Waals surface area contributed by atoms with Gasteiger partial charge in [0.15, 0.2) is 17.5 Å². The van der Waals surface area contributed by atoms with Gasteiger partial charge in [0.2, 0.25) is 0 Å². The molecular formula is C31H35N7O4. The van der Waals surface area contributed by atoms with Crippen molar-refractivity contribution in [2.24, 2.45) is 27.9 Å². The van der Waals surface area contributed by atoms with Crippen molar-refractivity contribution < 1.29 is 19.5 Å². The van der Waals surface area contributed by atoms with Crippen LogP contribution in [0, 0.1) is 0 Å². The molecule has 0 bridgehead atoms. The Morgan fingerprint density at radius 2 is 1.38 bits per heavy atom. The zero-order chi connectivity index (χ0) is 30.3. The summed E-state index contributed by atoms with van der Waals surface area (Å²) >= 11 is 0. The van der Waals surface area contributed by atoms with Gasteiger partial charge in [0.25, 0.3) is 5.54 Å². The smallest absolute Gasteiger partial charge is 0.345 e. The van der Waals surface area contributed by atoms with E-state index in [1.807, 2.05) is 24.3 Å². The van der Waals surface area contributed by atoms with Crippen LogP contribution < -0.4 is 27.8 Å². The van der Waals surface area contributed by atoms with E-state index in [0.717, 1.165) is 10.9 Å². The number of anilines is 2. The number of nitrogens with two attached hydrogens (primary N) is 4. The van der Waals surface area contributed by atoms with Crippen LogP contribution in [-0.2, 0) is 20.8 Å². The molecule has 0 spiro atoms. The second-order valence-electron chi connectivity index (χ2n) is 9.98. The van der Waals surface area contributed by atoms with Gasteiger partial charge >= 0.3 is 5.97 Å². The Labute approximate surface area is 243 Å². The Balaban J connectivity index is 1.85. The number of nitrogens with zero attached hydrogens (tertiary/aromatic N) is 2. The molecule has 0 radical (unpaired) electrons. The molecule has 1 heterocycles. The molecule has 0 aliphatic rings. The molecule has 0 fully saturated rings. The third kappa shape index (κ3) is 6.02. The van der Waals surface area contributed by atoms with Crippen LogP contribution in [0.3, 0.4) is 0 Å². The number of nitrogens with one attached hydrogen (secondary N) is 1. The summed E-state index contributed by atoms with van der Waals surface area (Å²) in [5.41, 5.74) is 23.0. The summed E-state index contributed by atoms with van der Waals surface area (Å²) in [5.74, 6) is -3.78. The minimum Gasteiger partial charge on any atom is -0.479 e. The zero-order valence-electron chi connectivity index (χ0n) is 23.0. The number of aliphatic carboxylic acids is 1. The second-order valence-corrected chi connectivity index (χ2v) is 9.98. The highest BCUT2D eigenvalue weighted by molar-refractivity contribution is 6.33. The van der Waals surface area contributed by atoms with Crippen molar-refractivity contribution in [3.63, 3.8) is 0 Å². The number of fused-ring (bicyclic) bond motifs is 1. The van der Waals surface area contributed by atoms with Crippen molar-refractivity contribution in [2.75, 3.05) is 11.4 Å². The van der Waals surface area contributed by atoms with Crippen LogP contribution in [0.5, 0.6) is 0 Å². The number of ketones is 2. The maximum atomic E-state index is 14.5. The standard InChI is InChI=1S/C31H35N7O4/c32-24(15-9-17-36-30(34)35)27(39)31(29(41)42,38(21-10-3-1-4-11-21)22-12-5-2-6-13-22)28(40)25(33)18-20-19-37-26-16-8-7-14-23(20)26/h1-8,10-14,16,19,24-25,37H,9,15,17-18,32-33H2,(H,41,42)(H4,34,35,36). The first kappa shape index (κ1) is 30.0. The summed E-state index contributed by atoms with van der Waals surface area (Å²) in [5, 5.41) is 11.8. The predicted octanol–water partition coefficient (Wildman–Crippen LogP) is 2.22. The number of carboxylic acid groups (broad SMARTS) is 1. The van der Waals surface area contributed by atoms with Crippen LogP contribution in [0.15, 0.2) is 96.1 Å². The number of aromatic amines is 1. The van der Waals surface area contributed by atoms with Crippen molar-refractivity contribution in [3.8, 4) is 0 Å². The average molecular weight is 570 g/mol. The first-order valence-electron chi connectivity index (χ1n) is 13.5. The molecule has 3 aromatic carbocycles. The lowest BCUT2D eigenvalue weighted by Crippen LogP contribution is -2.70. The number of hydrogen-bond donors (Lipinski definition) is 6. The Morgan fingerprint density at radius 3 is 1.95 bits per heavy atom. The number of benzene rings is 3. The van der Waals surface area contributed by atoms with Gasteiger partial charge in [-0.1, -0.05) is 54.6 Å². The van der Waals surface area contributed by atoms with Gasteiger partial charge in [-0.3, -0.25) is 14.6 Å². The highest BCUT2D eigenvalue weighted by atomic mass is 16.4. The maximum absolute atomic E-state index is 14.5. The van der Waals surface area contributed by atoms with Crippen molar-refractivity contribution in [1.82, 2.24) is 4.98 Å². The van der Waals surface area contributed by atoms with Crippen LogP contribution in [-0.4, -0.2) is 57.8 Å². The average Bonchev–Trinajstić information content (AvgIpc) is 3.40. The van der Waals surface area contributed by atoms with E-state index in [1.54, 1.807) is 66.9 Å². The number of carboxylic acids is 1. The Morgan fingerprint density at radius 1 is 0.833 bits per heavy atom. The number of carbonyl (C=O) groups is 3. The van der Waals surface area contributed by atoms with Gasteiger partial charge in [0, 0.05) is 35.0 Å². The topological polar surface area (TPSA) is 207 Å². The number of guanidine groups is 1. The van der Waals surface area contributed by atoms with E-state index in [4.69, 9.17) is 22.9 Å². The van der Waals surface area contributed by atoms with Gasteiger partial charge in [-0.05, 0) is 55.2 Å². The normalized spacial score (nSPS) is 14.0. The Bertz CT molecular complexity index is 1530. The number of carbonyl (C=O) groups excluding carboxylic acids is 2. The fourth-order valence-corrected chi connectivity index (χ4v) is 5.16. The SMILES string of the molecule is NC(N)=NCCCC(N)C(=O)C(C(=O)O)(C(=O)C(N)Cc1c[nH]c2ccccc12)N(c1ccccc1)c1ccccc1. The minimum absolute atomic E-state index is 0.0116. The quantitative estimate of drug-likeness (QED) is 0.0568. The summed E-state index contributed by atoms with van der Waals surface area (Å²) in [6.45, 7) is 0.179. The van der Waals surface area contributed by atoms with Crippen molar-refractivity contribution in [3.05, 3.63) is 96.7 Å². The fourth-order valence-electron chi connectivity index (χ4n) is 5.16. The molecule has 218 valence electrons. The zero-order valence-corrected chi connectivity index (χ0v) is 23.0. The minimum atomic E-state index is -2.79. The van der Waals surface area contributed by atoms with Crippen LogP contribution in [0.2, 0.25) is 0 Å². The van der Waals surface area contributed by atoms with Crippen LogP contribution in [0.4, 0.5) is 11.4 Å². The first-order valence-corrected chi connectivity index (χ1v) is 13.5. The molecule has 11 heteroatoms. The van der Waals surface area contributed by atoms with Gasteiger partial charge in [-0.15, -0.1) is 0 Å². The van der Waals surface area contributed by atoms with E-state index in [0.29, 0.717) is 16.9 Å². The maximum Gasteiger partial charge on any atom is 0.345 e. The number of hydrogen-bond acceptors (Lipinski definition) is 7. The van der Waals surface area contributed by atoms with Crippen molar-refractivity contribution >= 4 is 45.8 Å². The molecule has 0 aliphatic carbocycles. The second kappa shape index (κ2) is 13.1. The number of aliphatic imine (C=N–C) groups is 1. The fraction of sp³-hybridized carbons (Fsp3) is 0.226. The largest absolute Gasteiger partial charge is 0.479 e. The summed E-state index contributed by atoms with van der Waals surface area (Å²) in [6.07, 6.45) is 2.03. The molecule has 42 heavy (non-hydrogen) atoms. The molecule has 0 aliphatic heterocycles. The summed E-state index contributed by atoms with van der Waals surface area (Å²) < 4.78 is 0. The van der Waals surface area contributed by atoms with E-state index in [2.05, 4.69) is 9.98 Å². The summed E-state index contributed by atoms with van der Waals surface area (Å²) in [7, 11) is 0. The van der Waals surface area contributed by atoms with E-state index < -0.39 is 35.2 Å². The number of H-pyrrole nitrogens is 1. The highest BCUT2D eigenvalue weighted by Gasteiger charge is 2.60. The van der Waals surface area contributed by atoms with Gasteiger partial charge < -0.3 is 37.9 Å². The van der Waals surface area contributed by atoms with Gasteiger partial charge in [-0.25, -0.2) is 4.79 Å². The molecule has 3 atom stereocenters. The predicted molar refractivity (Wildman–Crippen MR) is 163 cm³/mol. The lowest BCUT2D eigenvalue weighted by molar-refractivity contribution is -0.153. The molecule has 0 saturated carbocycles. The molecule has 0 amide bonds. The first-order chi connectivity index (χ1) is 20.2. The van der Waals surface area contributed by atoms with Crippen molar-refractivity contribution in [1.29, 1.82) is 0 Å². The number of para-hydroxylation sites is 3. The molecule has 11 nitrogen and oxygen atoms in total.